The van der Waals surface area contributed by atoms with Crippen molar-refractivity contribution in [2.75, 3.05) is 0 Å². The molecule has 0 heterocycles. The molecule has 2 N–H and O–H groups in total. The van der Waals surface area contributed by atoms with E-state index in [0.29, 0.717) is 6.42 Å². The Morgan fingerprint density at radius 1 is 0.788 bits per heavy atom. The van der Waals surface area contributed by atoms with Crippen molar-refractivity contribution in [2.45, 2.75) is 25.7 Å². The molecule has 0 saturated carbocycles. The van der Waals surface area contributed by atoms with E-state index in [1.165, 1.54) is 6.08 Å². The number of amides is 1. The van der Waals surface area contributed by atoms with Crippen LogP contribution < -0.4 is 10.2 Å². The summed E-state index contributed by atoms with van der Waals surface area (Å²) in [6, 6.07) is 27.3. The second-order valence-electron chi connectivity index (χ2n) is 7.23. The van der Waals surface area contributed by atoms with E-state index in [1.54, 1.807) is 0 Å². The highest BCUT2D eigenvalue weighted by atomic mass is 32.2. The Kier molecular flexibility index (Phi) is 9.19. The van der Waals surface area contributed by atoms with Crippen LogP contribution in [0.5, 0.6) is 0 Å². The molecule has 0 radical (unpaired) electrons. The summed E-state index contributed by atoms with van der Waals surface area (Å²) >= 11 is 0. The quantitative estimate of drug-likeness (QED) is 0.415. The molecule has 0 fully saturated rings. The minimum atomic E-state index is -3.88. The van der Waals surface area contributed by atoms with Crippen molar-refractivity contribution >= 4 is 16.1 Å². The number of sulfonamides is 1. The van der Waals surface area contributed by atoms with E-state index in [4.69, 9.17) is 9.57 Å². The van der Waals surface area contributed by atoms with Crippen molar-refractivity contribution in [3.8, 4) is 0 Å². The lowest BCUT2D eigenvalue weighted by atomic mass is 10.1. The van der Waals surface area contributed by atoms with Crippen LogP contribution in [-0.2, 0) is 39.2 Å². The van der Waals surface area contributed by atoms with Gasteiger partial charge in [0.05, 0.1) is 12.6 Å². The summed E-state index contributed by atoms with van der Waals surface area (Å²) in [5, 5.41) is 3.68. The molecule has 8 heteroatoms. The minimum absolute atomic E-state index is 0.0887. The first-order valence-electron chi connectivity index (χ1n) is 10.4. The lowest BCUT2D eigenvalue weighted by Crippen LogP contribution is -2.35. The molecule has 0 saturated heterocycles. The molecule has 3 aromatic rings. The van der Waals surface area contributed by atoms with E-state index >= 15 is 0 Å². The van der Waals surface area contributed by atoms with E-state index in [2.05, 4.69) is 10.2 Å². The van der Waals surface area contributed by atoms with Crippen LogP contribution in [-0.4, -0.2) is 20.6 Å². The van der Waals surface area contributed by atoms with Crippen molar-refractivity contribution in [3.05, 3.63) is 119 Å². The van der Waals surface area contributed by atoms with Gasteiger partial charge in [-0.3, -0.25) is 4.84 Å². The first kappa shape index (κ1) is 24.2. The summed E-state index contributed by atoms with van der Waals surface area (Å²) in [6.07, 6.45) is 1.14. The van der Waals surface area contributed by atoms with Gasteiger partial charge < -0.3 is 10.1 Å². The van der Waals surface area contributed by atoms with Crippen molar-refractivity contribution in [3.63, 3.8) is 0 Å². The van der Waals surface area contributed by atoms with Gasteiger partial charge in [-0.25, -0.2) is 13.2 Å². The lowest BCUT2D eigenvalue weighted by molar-refractivity contribution is 0.0804. The van der Waals surface area contributed by atoms with Gasteiger partial charge in [0.25, 0.3) is 10.0 Å². The number of hydrogen-bond acceptors (Lipinski definition) is 5. The highest BCUT2D eigenvalue weighted by molar-refractivity contribution is 7.92. The Balaban J connectivity index is 1.58. The van der Waals surface area contributed by atoms with Crippen LogP contribution in [0.2, 0.25) is 0 Å². The van der Waals surface area contributed by atoms with Gasteiger partial charge in [0.1, 0.15) is 6.61 Å². The zero-order valence-electron chi connectivity index (χ0n) is 18.0. The summed E-state index contributed by atoms with van der Waals surface area (Å²) in [5.74, 6) is 0. The molecule has 33 heavy (non-hydrogen) atoms. The number of alkyl carbamates (subject to hydrolysis) is 1. The Bertz CT molecular complexity index is 1120. The highest BCUT2D eigenvalue weighted by Crippen LogP contribution is 2.07. The minimum Gasteiger partial charge on any atom is -0.445 e. The van der Waals surface area contributed by atoms with Crippen LogP contribution in [0.1, 0.15) is 16.7 Å². The molecule has 1 atom stereocenters. The standard InChI is InChI=1S/C25H26N2O5S/c28-25(31-19-22-12-6-2-7-13-22)26-24(18-21-10-4-1-5-11-21)16-17-33(29,30)27-32-20-23-14-8-3-9-15-23/h1-17,24,27H,18-20H2,(H,26,28)/b17-16-/t24-/m1/s1. The Labute approximate surface area is 194 Å². The van der Waals surface area contributed by atoms with E-state index in [9.17, 15) is 13.2 Å². The summed E-state index contributed by atoms with van der Waals surface area (Å²) in [7, 11) is -3.88. The SMILES string of the molecule is O=C(N[C@H](/C=C\S(=O)(=O)NOCc1ccccc1)Cc1ccccc1)OCc1ccccc1. The third-order valence-electron chi connectivity index (χ3n) is 4.56. The summed E-state index contributed by atoms with van der Waals surface area (Å²) in [5.41, 5.74) is 2.61. The molecule has 1 amide bonds. The molecule has 0 aliphatic carbocycles. The fourth-order valence-corrected chi connectivity index (χ4v) is 3.62. The van der Waals surface area contributed by atoms with Crippen molar-refractivity contribution < 1.29 is 22.8 Å². The molecule has 0 bridgehead atoms. The van der Waals surface area contributed by atoms with Crippen molar-refractivity contribution in [2.24, 2.45) is 0 Å². The summed E-state index contributed by atoms with van der Waals surface area (Å²) in [6.45, 7) is 0.201. The maximum Gasteiger partial charge on any atom is 0.407 e. The zero-order chi connectivity index (χ0) is 23.4. The molecular formula is C25H26N2O5S. The predicted molar refractivity (Wildman–Crippen MR) is 126 cm³/mol. The molecule has 0 spiro atoms. The lowest BCUT2D eigenvalue weighted by Gasteiger charge is -2.15. The number of benzene rings is 3. The van der Waals surface area contributed by atoms with E-state index in [1.807, 2.05) is 91.0 Å². The Morgan fingerprint density at radius 3 is 1.88 bits per heavy atom. The molecule has 172 valence electrons. The molecule has 0 aromatic heterocycles. The second kappa shape index (κ2) is 12.5. The van der Waals surface area contributed by atoms with Gasteiger partial charge in [-0.2, -0.15) is 0 Å². The van der Waals surface area contributed by atoms with Crippen LogP contribution in [0.4, 0.5) is 4.79 Å². The molecule has 3 rings (SSSR count). The van der Waals surface area contributed by atoms with Crippen LogP contribution in [0.3, 0.4) is 0 Å². The van der Waals surface area contributed by atoms with Gasteiger partial charge in [-0.1, -0.05) is 95.9 Å². The van der Waals surface area contributed by atoms with E-state index in [0.717, 1.165) is 22.1 Å². The van der Waals surface area contributed by atoms with E-state index < -0.39 is 22.2 Å². The average Bonchev–Trinajstić information content (AvgIpc) is 2.83. The largest absolute Gasteiger partial charge is 0.445 e. The van der Waals surface area contributed by atoms with Crippen molar-refractivity contribution in [1.29, 1.82) is 0 Å². The monoisotopic (exact) mass is 466 g/mol. The van der Waals surface area contributed by atoms with Crippen LogP contribution in [0.25, 0.3) is 0 Å². The molecule has 0 aliphatic heterocycles. The van der Waals surface area contributed by atoms with Crippen LogP contribution >= 0.6 is 0 Å². The summed E-state index contributed by atoms with van der Waals surface area (Å²) < 4.78 is 29.9. The first-order chi connectivity index (χ1) is 16.0. The molecule has 7 nitrogen and oxygen atoms in total. The number of nitrogens with one attached hydrogen (secondary N) is 2. The van der Waals surface area contributed by atoms with Gasteiger partial charge in [-0.05, 0) is 29.2 Å². The van der Waals surface area contributed by atoms with Gasteiger partial charge in [0.2, 0.25) is 0 Å². The Morgan fingerprint density at radius 2 is 1.30 bits per heavy atom. The highest BCUT2D eigenvalue weighted by Gasteiger charge is 2.14. The van der Waals surface area contributed by atoms with Crippen LogP contribution in [0.15, 0.2) is 102 Å². The Hall–Kier alpha value is -3.46. The third-order valence-corrected chi connectivity index (χ3v) is 5.43. The second-order valence-corrected chi connectivity index (χ2v) is 8.76. The number of hydrogen-bond donors (Lipinski definition) is 2. The number of carbonyl (C=O) groups excluding carboxylic acids is 1. The number of carbonyl (C=O) groups is 1. The fourth-order valence-electron chi connectivity index (χ4n) is 2.95. The molecular weight excluding hydrogens is 440 g/mol. The van der Waals surface area contributed by atoms with Gasteiger partial charge in [-0.15, -0.1) is 0 Å². The fraction of sp³-hybridized carbons (Fsp3) is 0.160. The summed E-state index contributed by atoms with van der Waals surface area (Å²) in [4.78, 5) is 19.5. The normalized spacial score (nSPS) is 12.4. The number of ether oxygens (including phenoxy) is 1. The van der Waals surface area contributed by atoms with Crippen LogP contribution in [0, 0.1) is 0 Å². The smallest absolute Gasteiger partial charge is 0.407 e. The predicted octanol–water partition coefficient (Wildman–Crippen LogP) is 4.09. The topological polar surface area (TPSA) is 93.7 Å². The van der Waals surface area contributed by atoms with Gasteiger partial charge in [0, 0.05) is 5.41 Å². The molecule has 0 aliphatic rings. The first-order valence-corrected chi connectivity index (χ1v) is 11.9. The number of rotatable bonds is 11. The average molecular weight is 467 g/mol. The molecule has 3 aromatic carbocycles. The van der Waals surface area contributed by atoms with Gasteiger partial charge in [0.15, 0.2) is 0 Å². The maximum atomic E-state index is 12.3. The zero-order valence-corrected chi connectivity index (χ0v) is 18.8. The molecule has 0 unspecified atom stereocenters. The van der Waals surface area contributed by atoms with E-state index in [-0.39, 0.29) is 13.2 Å². The van der Waals surface area contributed by atoms with Crippen molar-refractivity contribution in [1.82, 2.24) is 10.2 Å². The van der Waals surface area contributed by atoms with Gasteiger partial charge >= 0.3 is 6.09 Å². The maximum absolute atomic E-state index is 12.3. The third kappa shape index (κ3) is 9.28.